The van der Waals surface area contributed by atoms with Crippen LogP contribution in [-0.2, 0) is 5.41 Å². The predicted molar refractivity (Wildman–Crippen MR) is 137 cm³/mol. The van der Waals surface area contributed by atoms with Crippen molar-refractivity contribution in [2.24, 2.45) is 0 Å². The second-order valence-corrected chi connectivity index (χ2v) is 9.10. The summed E-state index contributed by atoms with van der Waals surface area (Å²) in [4.78, 5) is 0. The Morgan fingerprint density at radius 2 is 1.09 bits per heavy atom. The number of rotatable bonds is 3. The summed E-state index contributed by atoms with van der Waals surface area (Å²) < 4.78 is 0. The second-order valence-electron chi connectivity index (χ2n) is 9.10. The molecule has 1 aliphatic rings. The van der Waals surface area contributed by atoms with E-state index in [4.69, 9.17) is 0 Å². The van der Waals surface area contributed by atoms with Crippen molar-refractivity contribution in [3.63, 3.8) is 0 Å². The third kappa shape index (κ3) is 2.78. The summed E-state index contributed by atoms with van der Waals surface area (Å²) in [7, 11) is 0. The predicted octanol–water partition coefficient (Wildman–Crippen LogP) is 8.56. The van der Waals surface area contributed by atoms with E-state index < -0.39 is 0 Å². The van der Waals surface area contributed by atoms with Crippen molar-refractivity contribution in [3.05, 3.63) is 120 Å². The molecule has 0 bridgehead atoms. The maximum absolute atomic E-state index is 3.81. The molecular weight excluding hydrogens is 386 g/mol. The van der Waals surface area contributed by atoms with E-state index in [0.29, 0.717) is 0 Å². The quantitative estimate of drug-likeness (QED) is 0.313. The molecule has 154 valence electrons. The van der Waals surface area contributed by atoms with E-state index in [1.54, 1.807) is 0 Å². The zero-order chi connectivity index (χ0) is 21.7. The topological polar surface area (TPSA) is 12.0 Å². The Labute approximate surface area is 189 Å². The van der Waals surface area contributed by atoms with E-state index in [9.17, 15) is 0 Å². The van der Waals surface area contributed by atoms with E-state index >= 15 is 0 Å². The van der Waals surface area contributed by atoms with Crippen molar-refractivity contribution in [2.75, 3.05) is 5.32 Å². The minimum atomic E-state index is -0.00122. The van der Waals surface area contributed by atoms with Crippen LogP contribution >= 0.6 is 0 Å². The Bertz CT molecular complexity index is 1470. The maximum Gasteiger partial charge on any atom is 0.0467 e. The summed E-state index contributed by atoms with van der Waals surface area (Å²) in [5.74, 6) is 0. The lowest BCUT2D eigenvalue weighted by Crippen LogP contribution is -2.14. The minimum absolute atomic E-state index is 0.00122. The molecule has 0 fully saturated rings. The smallest absolute Gasteiger partial charge is 0.0467 e. The van der Waals surface area contributed by atoms with Gasteiger partial charge in [0, 0.05) is 27.9 Å². The van der Waals surface area contributed by atoms with Crippen molar-refractivity contribution in [3.8, 4) is 22.3 Å². The molecule has 1 nitrogen and oxygen atoms in total. The standard InChI is InChI=1S/C31H25N/c1-31(2)26-17-7-5-15-25(26)30-27(31)18-10-20-29(30)32-28-19-8-6-14-24(28)23-16-9-12-21-11-3-4-13-22(21)23/h3-20,32H,1-2H3. The van der Waals surface area contributed by atoms with Gasteiger partial charge in [0.25, 0.3) is 0 Å². The van der Waals surface area contributed by atoms with E-state index in [2.05, 4.69) is 128 Å². The number of benzene rings is 5. The van der Waals surface area contributed by atoms with Crippen molar-refractivity contribution < 1.29 is 0 Å². The first kappa shape index (κ1) is 18.9. The molecule has 1 N–H and O–H groups in total. The maximum atomic E-state index is 3.81. The molecule has 0 aromatic heterocycles. The van der Waals surface area contributed by atoms with Crippen molar-refractivity contribution >= 4 is 22.1 Å². The van der Waals surface area contributed by atoms with Gasteiger partial charge in [0.1, 0.15) is 0 Å². The van der Waals surface area contributed by atoms with Gasteiger partial charge in [-0.05, 0) is 45.2 Å². The van der Waals surface area contributed by atoms with Crippen LogP contribution < -0.4 is 5.32 Å². The Morgan fingerprint density at radius 1 is 0.500 bits per heavy atom. The number of hydrogen-bond donors (Lipinski definition) is 1. The Hall–Kier alpha value is -3.84. The van der Waals surface area contributed by atoms with E-state index in [1.165, 1.54) is 44.2 Å². The molecular formula is C31H25N. The van der Waals surface area contributed by atoms with Gasteiger partial charge in [-0.25, -0.2) is 0 Å². The van der Waals surface area contributed by atoms with E-state index in [0.717, 1.165) is 11.4 Å². The van der Waals surface area contributed by atoms with Gasteiger partial charge in [-0.15, -0.1) is 0 Å². The van der Waals surface area contributed by atoms with Gasteiger partial charge in [0.2, 0.25) is 0 Å². The van der Waals surface area contributed by atoms with Gasteiger partial charge in [-0.2, -0.15) is 0 Å². The summed E-state index contributed by atoms with van der Waals surface area (Å²) in [6, 6.07) is 39.2. The highest BCUT2D eigenvalue weighted by Crippen LogP contribution is 2.52. The molecule has 5 aromatic carbocycles. The first-order valence-corrected chi connectivity index (χ1v) is 11.2. The van der Waals surface area contributed by atoms with Crippen LogP contribution in [0.1, 0.15) is 25.0 Å². The lowest BCUT2D eigenvalue weighted by Gasteiger charge is -2.22. The SMILES string of the molecule is CC1(C)c2ccccc2-c2c(Nc3ccccc3-c3cccc4ccccc34)cccc21. The van der Waals surface area contributed by atoms with Gasteiger partial charge in [-0.3, -0.25) is 0 Å². The molecule has 6 rings (SSSR count). The molecule has 5 aromatic rings. The summed E-state index contributed by atoms with van der Waals surface area (Å²) in [5, 5.41) is 6.35. The normalized spacial score (nSPS) is 13.6. The molecule has 0 radical (unpaired) electrons. The van der Waals surface area contributed by atoms with E-state index in [-0.39, 0.29) is 5.41 Å². The van der Waals surface area contributed by atoms with Crippen LogP contribution in [0, 0.1) is 0 Å². The van der Waals surface area contributed by atoms with Crippen molar-refractivity contribution in [1.82, 2.24) is 0 Å². The number of hydrogen-bond acceptors (Lipinski definition) is 1. The summed E-state index contributed by atoms with van der Waals surface area (Å²) in [5.41, 5.74) is 10.2. The number of para-hydroxylation sites is 1. The monoisotopic (exact) mass is 411 g/mol. The third-order valence-corrected chi connectivity index (χ3v) is 6.88. The Balaban J connectivity index is 1.52. The lowest BCUT2D eigenvalue weighted by atomic mass is 9.82. The van der Waals surface area contributed by atoms with Gasteiger partial charge in [0.15, 0.2) is 0 Å². The van der Waals surface area contributed by atoms with Crippen LogP contribution in [0.15, 0.2) is 109 Å². The number of fused-ring (bicyclic) bond motifs is 4. The first-order valence-electron chi connectivity index (χ1n) is 11.2. The van der Waals surface area contributed by atoms with Crippen molar-refractivity contribution in [2.45, 2.75) is 19.3 Å². The number of nitrogens with one attached hydrogen (secondary N) is 1. The highest BCUT2D eigenvalue weighted by molar-refractivity contribution is 6.01. The van der Waals surface area contributed by atoms with Crippen LogP contribution in [-0.4, -0.2) is 0 Å². The minimum Gasteiger partial charge on any atom is -0.355 e. The molecule has 0 aliphatic heterocycles. The van der Waals surface area contributed by atoms with Crippen LogP contribution in [0.4, 0.5) is 11.4 Å². The summed E-state index contributed by atoms with van der Waals surface area (Å²) in [6.45, 7) is 4.65. The second kappa shape index (κ2) is 7.10. The van der Waals surface area contributed by atoms with Crippen LogP contribution in [0.2, 0.25) is 0 Å². The average molecular weight is 412 g/mol. The molecule has 0 atom stereocenters. The van der Waals surface area contributed by atoms with Gasteiger partial charge in [0.05, 0.1) is 0 Å². The lowest BCUT2D eigenvalue weighted by molar-refractivity contribution is 0.660. The molecule has 0 spiro atoms. The number of anilines is 2. The Morgan fingerprint density at radius 3 is 2.00 bits per heavy atom. The highest BCUT2D eigenvalue weighted by atomic mass is 14.9. The zero-order valence-corrected chi connectivity index (χ0v) is 18.4. The average Bonchev–Trinajstić information content (AvgIpc) is 3.07. The third-order valence-electron chi connectivity index (χ3n) is 6.88. The van der Waals surface area contributed by atoms with Crippen LogP contribution in [0.3, 0.4) is 0 Å². The molecule has 0 amide bonds. The van der Waals surface area contributed by atoms with Crippen LogP contribution in [0.25, 0.3) is 33.0 Å². The fourth-order valence-corrected chi connectivity index (χ4v) is 5.29. The fourth-order valence-electron chi connectivity index (χ4n) is 5.29. The Kier molecular flexibility index (Phi) is 4.19. The first-order chi connectivity index (χ1) is 15.6. The van der Waals surface area contributed by atoms with Gasteiger partial charge < -0.3 is 5.32 Å². The summed E-state index contributed by atoms with van der Waals surface area (Å²) in [6.07, 6.45) is 0. The van der Waals surface area contributed by atoms with Crippen LogP contribution in [0.5, 0.6) is 0 Å². The molecule has 32 heavy (non-hydrogen) atoms. The fraction of sp³-hybridized carbons (Fsp3) is 0.0968. The zero-order valence-electron chi connectivity index (χ0n) is 18.4. The van der Waals surface area contributed by atoms with Gasteiger partial charge >= 0.3 is 0 Å². The molecule has 1 heteroatoms. The molecule has 0 saturated heterocycles. The molecule has 1 aliphatic carbocycles. The molecule has 0 saturated carbocycles. The molecule has 0 unspecified atom stereocenters. The van der Waals surface area contributed by atoms with Gasteiger partial charge in [-0.1, -0.05) is 111 Å². The largest absolute Gasteiger partial charge is 0.355 e. The summed E-state index contributed by atoms with van der Waals surface area (Å²) >= 11 is 0. The van der Waals surface area contributed by atoms with E-state index in [1.807, 2.05) is 0 Å². The van der Waals surface area contributed by atoms with Crippen molar-refractivity contribution in [1.29, 1.82) is 0 Å². The highest BCUT2D eigenvalue weighted by Gasteiger charge is 2.36. The molecule has 0 heterocycles.